The lowest BCUT2D eigenvalue weighted by molar-refractivity contribution is -0.155. The summed E-state index contributed by atoms with van der Waals surface area (Å²) in [7, 11) is 0. The molecule has 2 aromatic rings. The molecule has 0 saturated carbocycles. The van der Waals surface area contributed by atoms with Crippen molar-refractivity contribution in [1.29, 1.82) is 0 Å². The second-order valence-electron chi connectivity index (χ2n) is 7.78. The van der Waals surface area contributed by atoms with Gasteiger partial charge in [0.2, 0.25) is 12.3 Å². The maximum absolute atomic E-state index is 12.7. The number of hydrazine groups is 1. The summed E-state index contributed by atoms with van der Waals surface area (Å²) in [5.74, 6) is -0.800. The quantitative estimate of drug-likeness (QED) is 0.325. The van der Waals surface area contributed by atoms with Crippen LogP contribution in [0.3, 0.4) is 0 Å². The number of hydrogen-bond donors (Lipinski definition) is 3. The number of aromatic nitrogens is 3. The van der Waals surface area contributed by atoms with E-state index in [2.05, 4.69) is 46.8 Å². The number of carbonyl (C=O) groups excluding carboxylic acids is 2. The predicted molar refractivity (Wildman–Crippen MR) is 105 cm³/mol. The molecule has 152 valence electrons. The standard InChI is InChI=1S/C19H28N6O3/c1-5-8-19(3,4)10-14(11-25(28)12-26)17(27)22-24-18-20-15-7-6-13(2)9-16(15)21-23-18/h6-7,9,12,14,28H,5,8,10-11H2,1-4H3,(H,22,27)(H,20,23,24)/t14-/m1/s1. The predicted octanol–water partition coefficient (Wildman–Crippen LogP) is 2.46. The molecule has 2 rings (SSSR count). The number of anilines is 1. The summed E-state index contributed by atoms with van der Waals surface area (Å²) in [6.07, 6.45) is 2.70. The third kappa shape index (κ3) is 6.12. The number of amides is 2. The van der Waals surface area contributed by atoms with Crippen LogP contribution in [0.2, 0.25) is 0 Å². The molecule has 9 heteroatoms. The number of rotatable bonds is 10. The summed E-state index contributed by atoms with van der Waals surface area (Å²) >= 11 is 0. The summed E-state index contributed by atoms with van der Waals surface area (Å²) in [5, 5.41) is 18.1. The third-order valence-corrected chi connectivity index (χ3v) is 4.53. The number of hydroxylamine groups is 2. The van der Waals surface area contributed by atoms with Crippen molar-refractivity contribution >= 4 is 29.3 Å². The fourth-order valence-electron chi connectivity index (χ4n) is 3.27. The molecular weight excluding hydrogens is 360 g/mol. The zero-order valence-corrected chi connectivity index (χ0v) is 16.8. The van der Waals surface area contributed by atoms with Crippen LogP contribution in [0.25, 0.3) is 11.0 Å². The van der Waals surface area contributed by atoms with Gasteiger partial charge in [0.25, 0.3) is 5.95 Å². The summed E-state index contributed by atoms with van der Waals surface area (Å²) in [5.41, 5.74) is 7.49. The molecule has 1 aromatic carbocycles. The van der Waals surface area contributed by atoms with Gasteiger partial charge in [-0.15, -0.1) is 10.2 Å². The highest BCUT2D eigenvalue weighted by atomic mass is 16.5. The van der Waals surface area contributed by atoms with Crippen molar-refractivity contribution in [1.82, 2.24) is 25.7 Å². The van der Waals surface area contributed by atoms with E-state index in [1.807, 2.05) is 25.1 Å². The molecule has 0 aliphatic heterocycles. The van der Waals surface area contributed by atoms with Gasteiger partial charge in [-0.3, -0.25) is 25.6 Å². The lowest BCUT2D eigenvalue weighted by atomic mass is 9.79. The van der Waals surface area contributed by atoms with Gasteiger partial charge in [0.15, 0.2) is 0 Å². The Morgan fingerprint density at radius 2 is 2.07 bits per heavy atom. The molecule has 28 heavy (non-hydrogen) atoms. The summed E-state index contributed by atoms with van der Waals surface area (Å²) in [6, 6.07) is 5.62. The number of nitrogens with zero attached hydrogens (tertiary/aromatic N) is 4. The van der Waals surface area contributed by atoms with E-state index >= 15 is 0 Å². The van der Waals surface area contributed by atoms with Crippen molar-refractivity contribution in [2.75, 3.05) is 12.0 Å². The largest absolute Gasteiger partial charge is 0.286 e. The van der Waals surface area contributed by atoms with Gasteiger partial charge in [-0.1, -0.05) is 33.3 Å². The number of benzene rings is 1. The number of aryl methyl sites for hydroxylation is 1. The molecule has 0 fully saturated rings. The smallest absolute Gasteiger partial charge is 0.262 e. The first-order chi connectivity index (χ1) is 13.2. The van der Waals surface area contributed by atoms with Gasteiger partial charge >= 0.3 is 0 Å². The van der Waals surface area contributed by atoms with Crippen molar-refractivity contribution in [3.8, 4) is 0 Å². The maximum atomic E-state index is 12.7. The molecule has 0 unspecified atom stereocenters. The van der Waals surface area contributed by atoms with E-state index in [1.54, 1.807) is 0 Å². The molecule has 0 radical (unpaired) electrons. The molecule has 0 aliphatic carbocycles. The molecule has 3 N–H and O–H groups in total. The Labute approximate surface area is 164 Å². The first-order valence-corrected chi connectivity index (χ1v) is 9.32. The van der Waals surface area contributed by atoms with Gasteiger partial charge in [-0.25, -0.2) is 10.0 Å². The van der Waals surface area contributed by atoms with Crippen molar-refractivity contribution < 1.29 is 14.8 Å². The number of fused-ring (bicyclic) bond motifs is 1. The van der Waals surface area contributed by atoms with Crippen LogP contribution >= 0.6 is 0 Å². The minimum absolute atomic E-state index is 0.0970. The van der Waals surface area contributed by atoms with Crippen molar-refractivity contribution in [3.05, 3.63) is 23.8 Å². The monoisotopic (exact) mass is 388 g/mol. The number of carbonyl (C=O) groups is 2. The van der Waals surface area contributed by atoms with Crippen molar-refractivity contribution in [2.24, 2.45) is 11.3 Å². The van der Waals surface area contributed by atoms with Crippen LogP contribution in [0.4, 0.5) is 5.95 Å². The highest BCUT2D eigenvalue weighted by Gasteiger charge is 2.29. The molecule has 1 heterocycles. The highest BCUT2D eigenvalue weighted by Crippen LogP contribution is 2.31. The van der Waals surface area contributed by atoms with Crippen molar-refractivity contribution in [2.45, 2.75) is 47.0 Å². The third-order valence-electron chi connectivity index (χ3n) is 4.53. The zero-order chi connectivity index (χ0) is 20.7. The van der Waals surface area contributed by atoms with Crippen LogP contribution in [0.15, 0.2) is 18.2 Å². The Hall–Kier alpha value is -2.81. The van der Waals surface area contributed by atoms with Crippen LogP contribution in [0.5, 0.6) is 0 Å². The minimum atomic E-state index is -0.597. The fourth-order valence-corrected chi connectivity index (χ4v) is 3.27. The molecule has 0 spiro atoms. The Kier molecular flexibility index (Phi) is 7.22. The lowest BCUT2D eigenvalue weighted by Crippen LogP contribution is -2.42. The zero-order valence-electron chi connectivity index (χ0n) is 16.8. The van der Waals surface area contributed by atoms with E-state index in [9.17, 15) is 14.8 Å². The van der Waals surface area contributed by atoms with Gasteiger partial charge in [0.1, 0.15) is 5.52 Å². The van der Waals surface area contributed by atoms with Crippen LogP contribution < -0.4 is 10.9 Å². The van der Waals surface area contributed by atoms with Crippen LogP contribution in [0.1, 0.15) is 45.6 Å². The summed E-state index contributed by atoms with van der Waals surface area (Å²) in [6.45, 7) is 8.06. The van der Waals surface area contributed by atoms with Gasteiger partial charge < -0.3 is 0 Å². The van der Waals surface area contributed by atoms with Gasteiger partial charge in [0.05, 0.1) is 18.0 Å². The number of hydrogen-bond acceptors (Lipinski definition) is 7. The number of nitrogens with one attached hydrogen (secondary N) is 2. The molecular formula is C19H28N6O3. The van der Waals surface area contributed by atoms with E-state index in [-0.39, 0.29) is 23.8 Å². The molecule has 0 bridgehead atoms. The van der Waals surface area contributed by atoms with Crippen LogP contribution in [-0.4, -0.2) is 44.3 Å². The first-order valence-electron chi connectivity index (χ1n) is 9.32. The Morgan fingerprint density at radius 1 is 1.32 bits per heavy atom. The Bertz CT molecular complexity index is 826. The van der Waals surface area contributed by atoms with E-state index in [4.69, 9.17) is 0 Å². The Morgan fingerprint density at radius 3 is 2.75 bits per heavy atom. The maximum Gasteiger partial charge on any atom is 0.262 e. The molecule has 1 atom stereocenters. The van der Waals surface area contributed by atoms with Gasteiger partial charge in [-0.05, 0) is 42.9 Å². The lowest BCUT2D eigenvalue weighted by Gasteiger charge is -2.29. The minimum Gasteiger partial charge on any atom is -0.286 e. The topological polar surface area (TPSA) is 120 Å². The van der Waals surface area contributed by atoms with E-state index in [0.717, 1.165) is 18.4 Å². The van der Waals surface area contributed by atoms with Crippen LogP contribution in [0, 0.1) is 18.3 Å². The molecule has 0 aliphatic rings. The molecule has 9 nitrogen and oxygen atoms in total. The Balaban J connectivity index is 2.07. The molecule has 0 saturated heterocycles. The summed E-state index contributed by atoms with van der Waals surface area (Å²) in [4.78, 5) is 27.8. The van der Waals surface area contributed by atoms with Crippen molar-refractivity contribution in [3.63, 3.8) is 0 Å². The van der Waals surface area contributed by atoms with Gasteiger partial charge in [-0.2, -0.15) is 0 Å². The second kappa shape index (κ2) is 9.41. The van der Waals surface area contributed by atoms with E-state index in [0.29, 0.717) is 28.9 Å². The highest BCUT2D eigenvalue weighted by molar-refractivity contribution is 5.80. The molecule has 1 aromatic heterocycles. The SMILES string of the molecule is CCCC(C)(C)C[C@H](CN(O)C=O)C(=O)NNc1nnc2cc(C)ccc2n1. The van der Waals surface area contributed by atoms with Gasteiger partial charge in [0, 0.05) is 0 Å². The fraction of sp³-hybridized carbons (Fsp3) is 0.526. The van der Waals surface area contributed by atoms with E-state index < -0.39 is 5.92 Å². The average Bonchev–Trinajstić information content (AvgIpc) is 2.65. The molecule has 2 amide bonds. The summed E-state index contributed by atoms with van der Waals surface area (Å²) < 4.78 is 0. The van der Waals surface area contributed by atoms with Crippen LogP contribution in [-0.2, 0) is 9.59 Å². The first kappa shape index (κ1) is 21.5. The normalized spacial score (nSPS) is 12.5. The second-order valence-corrected chi connectivity index (χ2v) is 7.78. The average molecular weight is 388 g/mol. The van der Waals surface area contributed by atoms with E-state index in [1.165, 1.54) is 0 Å².